The van der Waals surface area contributed by atoms with Gasteiger partial charge in [0.05, 0.1) is 5.39 Å². The summed E-state index contributed by atoms with van der Waals surface area (Å²) in [7, 11) is 0. The molecule has 1 aliphatic carbocycles. The summed E-state index contributed by atoms with van der Waals surface area (Å²) in [5, 5.41) is 1.34. The molecule has 1 aliphatic heterocycles. The van der Waals surface area contributed by atoms with E-state index in [1.54, 1.807) is 0 Å². The van der Waals surface area contributed by atoms with Gasteiger partial charge >= 0.3 is 0 Å². The minimum absolute atomic E-state index is 0.892. The summed E-state index contributed by atoms with van der Waals surface area (Å²) in [5.74, 6) is 2.06. The molecule has 5 rings (SSSR count). The van der Waals surface area contributed by atoms with Crippen molar-refractivity contribution in [3.63, 3.8) is 0 Å². The Balaban J connectivity index is 1.46. The normalized spacial score (nSPS) is 17.3. The number of rotatable bonds is 2. The lowest BCUT2D eigenvalue weighted by atomic mass is 10.1. The number of hydrogen-bond donors (Lipinski definition) is 0. The minimum Gasteiger partial charge on any atom is -0.368 e. The van der Waals surface area contributed by atoms with Crippen molar-refractivity contribution in [2.24, 2.45) is 0 Å². The lowest BCUT2D eigenvalue weighted by Gasteiger charge is -2.36. The average Bonchev–Trinajstić information content (AvgIpc) is 3.22. The second kappa shape index (κ2) is 5.95. The molecule has 0 amide bonds. The summed E-state index contributed by atoms with van der Waals surface area (Å²) in [6, 6.07) is 4.29. The molecule has 0 radical (unpaired) electrons. The SMILES string of the molecule is Cc1nc(N2CCN(c3cc[nH+]cc3)CC2)c2c3c(sc2n1)CCC3. The van der Waals surface area contributed by atoms with Gasteiger partial charge in [-0.15, -0.1) is 11.3 Å². The molecule has 6 heteroatoms. The largest absolute Gasteiger partial charge is 0.368 e. The van der Waals surface area contributed by atoms with Crippen LogP contribution in [0.25, 0.3) is 10.2 Å². The number of pyridine rings is 1. The van der Waals surface area contributed by atoms with Gasteiger partial charge in [0.15, 0.2) is 12.4 Å². The van der Waals surface area contributed by atoms with Gasteiger partial charge in [-0.05, 0) is 31.7 Å². The Labute approximate surface area is 151 Å². The third-order valence-corrected chi connectivity index (χ3v) is 6.49. The van der Waals surface area contributed by atoms with Crippen molar-refractivity contribution in [3.8, 4) is 0 Å². The molecule has 128 valence electrons. The van der Waals surface area contributed by atoms with E-state index >= 15 is 0 Å². The predicted octanol–water partition coefficient (Wildman–Crippen LogP) is 2.63. The molecule has 0 unspecified atom stereocenters. The van der Waals surface area contributed by atoms with E-state index in [9.17, 15) is 0 Å². The average molecular weight is 352 g/mol. The number of fused-ring (bicyclic) bond motifs is 3. The number of aromatic nitrogens is 3. The maximum atomic E-state index is 4.87. The molecule has 3 aromatic heterocycles. The van der Waals surface area contributed by atoms with E-state index in [0.717, 1.165) is 32.0 Å². The number of H-pyrrole nitrogens is 1. The summed E-state index contributed by atoms with van der Waals surface area (Å²) in [4.78, 5) is 20.3. The molecule has 1 saturated heterocycles. The van der Waals surface area contributed by atoms with Crippen molar-refractivity contribution >= 4 is 33.1 Å². The van der Waals surface area contributed by atoms with Crippen LogP contribution in [0.4, 0.5) is 11.5 Å². The van der Waals surface area contributed by atoms with Crippen LogP contribution >= 0.6 is 11.3 Å². The van der Waals surface area contributed by atoms with Crippen molar-refractivity contribution in [1.82, 2.24) is 9.97 Å². The lowest BCUT2D eigenvalue weighted by Crippen LogP contribution is -2.47. The van der Waals surface area contributed by atoms with Crippen LogP contribution in [0.15, 0.2) is 24.5 Å². The highest BCUT2D eigenvalue weighted by Crippen LogP contribution is 2.40. The van der Waals surface area contributed by atoms with E-state index in [1.165, 1.54) is 51.4 Å². The zero-order valence-corrected chi connectivity index (χ0v) is 15.3. The first kappa shape index (κ1) is 15.1. The van der Waals surface area contributed by atoms with Gasteiger partial charge in [0, 0.05) is 48.9 Å². The Morgan fingerprint density at radius 1 is 1.00 bits per heavy atom. The quantitative estimate of drug-likeness (QED) is 0.711. The zero-order valence-electron chi connectivity index (χ0n) is 14.5. The zero-order chi connectivity index (χ0) is 16.8. The van der Waals surface area contributed by atoms with Crippen LogP contribution in [-0.4, -0.2) is 36.1 Å². The molecule has 3 aromatic rings. The van der Waals surface area contributed by atoms with E-state index in [0.29, 0.717) is 0 Å². The highest BCUT2D eigenvalue weighted by molar-refractivity contribution is 7.19. The Bertz CT molecular complexity index is 912. The van der Waals surface area contributed by atoms with Gasteiger partial charge in [-0.3, -0.25) is 0 Å². The molecular weight excluding hydrogens is 330 g/mol. The molecule has 5 nitrogen and oxygen atoms in total. The van der Waals surface area contributed by atoms with Crippen LogP contribution < -0.4 is 14.8 Å². The van der Waals surface area contributed by atoms with Crippen LogP contribution in [0.5, 0.6) is 0 Å². The summed E-state index contributed by atoms with van der Waals surface area (Å²) in [6.45, 7) is 6.09. The molecule has 4 heterocycles. The number of hydrogen-bond acceptors (Lipinski definition) is 5. The lowest BCUT2D eigenvalue weighted by molar-refractivity contribution is -0.377. The number of piperazine rings is 1. The summed E-state index contributed by atoms with van der Waals surface area (Å²) in [5.41, 5.74) is 2.81. The monoisotopic (exact) mass is 352 g/mol. The van der Waals surface area contributed by atoms with Gasteiger partial charge in [0.1, 0.15) is 16.5 Å². The van der Waals surface area contributed by atoms with Crippen LogP contribution in [0, 0.1) is 6.92 Å². The summed E-state index contributed by atoms with van der Waals surface area (Å²) < 4.78 is 0. The van der Waals surface area contributed by atoms with E-state index in [1.807, 2.05) is 30.7 Å². The fourth-order valence-corrected chi connectivity index (χ4v) is 5.38. The van der Waals surface area contributed by atoms with E-state index in [2.05, 4.69) is 26.9 Å². The molecule has 0 saturated carbocycles. The van der Waals surface area contributed by atoms with Crippen LogP contribution in [0.1, 0.15) is 22.7 Å². The second-order valence-corrected chi connectivity index (χ2v) is 7.95. The van der Waals surface area contributed by atoms with Crippen molar-refractivity contribution < 1.29 is 4.98 Å². The molecule has 1 fully saturated rings. The number of nitrogens with zero attached hydrogens (tertiary/aromatic N) is 4. The third-order valence-electron chi connectivity index (χ3n) is 5.30. The molecule has 0 spiro atoms. The first-order chi connectivity index (χ1) is 12.3. The van der Waals surface area contributed by atoms with Crippen LogP contribution in [0.2, 0.25) is 0 Å². The molecular formula is C19H22N5S+. The number of aromatic amines is 1. The van der Waals surface area contributed by atoms with Gasteiger partial charge in [-0.2, -0.15) is 0 Å². The third kappa shape index (κ3) is 2.56. The number of nitrogens with one attached hydrogen (secondary N) is 1. The maximum Gasteiger partial charge on any atom is 0.169 e. The molecule has 25 heavy (non-hydrogen) atoms. The Hall–Kier alpha value is -2.21. The topological polar surface area (TPSA) is 46.4 Å². The molecule has 0 bridgehead atoms. The van der Waals surface area contributed by atoms with Crippen molar-refractivity contribution in [2.45, 2.75) is 26.2 Å². The summed E-state index contributed by atoms with van der Waals surface area (Å²) in [6.07, 6.45) is 7.67. The fraction of sp³-hybridized carbons (Fsp3) is 0.421. The first-order valence-corrected chi connectivity index (χ1v) is 9.86. The highest BCUT2D eigenvalue weighted by Gasteiger charge is 2.26. The van der Waals surface area contributed by atoms with Crippen LogP contribution in [-0.2, 0) is 12.8 Å². The van der Waals surface area contributed by atoms with Gasteiger partial charge in [0.2, 0.25) is 0 Å². The van der Waals surface area contributed by atoms with Crippen LogP contribution in [0.3, 0.4) is 0 Å². The fourth-order valence-electron chi connectivity index (χ4n) is 4.07. The number of thiophene rings is 1. The van der Waals surface area contributed by atoms with Crippen molar-refractivity contribution in [3.05, 3.63) is 40.8 Å². The smallest absolute Gasteiger partial charge is 0.169 e. The predicted molar refractivity (Wildman–Crippen MR) is 102 cm³/mol. The number of anilines is 2. The van der Waals surface area contributed by atoms with Gasteiger partial charge in [-0.25, -0.2) is 15.0 Å². The molecule has 0 aromatic carbocycles. The van der Waals surface area contributed by atoms with Gasteiger partial charge in [0.25, 0.3) is 0 Å². The molecule has 1 N–H and O–H groups in total. The number of aryl methyl sites for hydroxylation is 3. The minimum atomic E-state index is 0.892. The second-order valence-electron chi connectivity index (χ2n) is 6.86. The summed E-state index contributed by atoms with van der Waals surface area (Å²) >= 11 is 1.88. The first-order valence-electron chi connectivity index (χ1n) is 9.04. The molecule has 2 aliphatic rings. The van der Waals surface area contributed by atoms with Gasteiger partial charge in [-0.1, -0.05) is 0 Å². The van der Waals surface area contributed by atoms with E-state index < -0.39 is 0 Å². The standard InChI is InChI=1S/C19H21N5S/c1-13-21-18(17-15-3-2-4-16(15)25-19(17)22-13)24-11-9-23(10-12-24)14-5-7-20-8-6-14/h5-8H,2-4,9-12H2,1H3/p+1. The van der Waals surface area contributed by atoms with E-state index in [4.69, 9.17) is 9.97 Å². The van der Waals surface area contributed by atoms with Crippen molar-refractivity contribution in [2.75, 3.05) is 36.0 Å². The Morgan fingerprint density at radius 2 is 1.76 bits per heavy atom. The maximum absolute atomic E-state index is 4.87. The van der Waals surface area contributed by atoms with E-state index in [-0.39, 0.29) is 0 Å². The Morgan fingerprint density at radius 3 is 2.56 bits per heavy atom. The highest BCUT2D eigenvalue weighted by atomic mass is 32.1. The van der Waals surface area contributed by atoms with Crippen molar-refractivity contribution in [1.29, 1.82) is 0 Å². The Kier molecular flexibility index (Phi) is 3.59. The van der Waals surface area contributed by atoms with Gasteiger partial charge < -0.3 is 9.80 Å². The molecule has 0 atom stereocenters.